The summed E-state index contributed by atoms with van der Waals surface area (Å²) >= 11 is 19.9. The quantitative estimate of drug-likeness (QED) is 0.423. The molecule has 1 heterocycles. The molecule has 0 bridgehead atoms. The van der Waals surface area contributed by atoms with Crippen LogP contribution in [0.2, 0.25) is 15.1 Å². The first kappa shape index (κ1) is 21.8. The van der Waals surface area contributed by atoms with E-state index in [1.165, 1.54) is 0 Å². The van der Waals surface area contributed by atoms with Gasteiger partial charge >= 0.3 is 0 Å². The van der Waals surface area contributed by atoms with Crippen LogP contribution in [-0.2, 0) is 11.3 Å². The van der Waals surface area contributed by atoms with Crippen molar-refractivity contribution in [2.24, 2.45) is 5.92 Å². The number of rotatable bonds is 7. The van der Waals surface area contributed by atoms with Crippen LogP contribution in [-0.4, -0.2) is 36.2 Å². The van der Waals surface area contributed by atoms with E-state index in [0.29, 0.717) is 16.6 Å². The number of halogens is 3. The average Bonchev–Trinajstić information content (AvgIpc) is 2.69. The minimum atomic E-state index is 0.0281. The van der Waals surface area contributed by atoms with Crippen molar-refractivity contribution in [2.75, 3.05) is 25.4 Å². The van der Waals surface area contributed by atoms with Gasteiger partial charge in [0.15, 0.2) is 0 Å². The number of likely N-dealkylation sites (tertiary alicyclic amines) is 1. The third-order valence-electron chi connectivity index (χ3n) is 4.77. The van der Waals surface area contributed by atoms with Gasteiger partial charge in [-0.1, -0.05) is 40.9 Å². The molecule has 2 aromatic rings. The highest BCUT2D eigenvalue weighted by Crippen LogP contribution is 2.25. The summed E-state index contributed by atoms with van der Waals surface area (Å²) in [5.74, 6) is 1.01. The van der Waals surface area contributed by atoms with E-state index >= 15 is 0 Å². The summed E-state index contributed by atoms with van der Waals surface area (Å²) in [6.07, 6.45) is 1.95. The summed E-state index contributed by atoms with van der Waals surface area (Å²) in [7, 11) is 0. The van der Waals surface area contributed by atoms with Crippen LogP contribution in [0.25, 0.3) is 0 Å². The van der Waals surface area contributed by atoms with Gasteiger partial charge in [-0.2, -0.15) is 0 Å². The van der Waals surface area contributed by atoms with Crippen LogP contribution in [0.5, 0.6) is 0 Å². The van der Waals surface area contributed by atoms with E-state index in [1.807, 2.05) is 36.4 Å². The number of carbonyl (C=O) groups excluding carboxylic acids is 1. The Morgan fingerprint density at radius 2 is 1.86 bits per heavy atom. The average molecular weight is 458 g/mol. The van der Waals surface area contributed by atoms with Gasteiger partial charge in [-0.25, -0.2) is 0 Å². The van der Waals surface area contributed by atoms with E-state index in [4.69, 9.17) is 34.8 Å². The van der Waals surface area contributed by atoms with Gasteiger partial charge < -0.3 is 5.32 Å². The second-order valence-corrected chi connectivity index (χ2v) is 9.35. The molecule has 28 heavy (non-hydrogen) atoms. The number of piperidine rings is 1. The second-order valence-electron chi connectivity index (χ2n) is 6.90. The molecule has 1 unspecified atom stereocenters. The summed E-state index contributed by atoms with van der Waals surface area (Å²) < 4.78 is 0. The molecular weight excluding hydrogens is 435 g/mol. The van der Waals surface area contributed by atoms with E-state index in [0.717, 1.165) is 53.7 Å². The fourth-order valence-corrected chi connectivity index (χ4v) is 4.68. The molecule has 3 nitrogen and oxygen atoms in total. The van der Waals surface area contributed by atoms with Crippen molar-refractivity contribution in [3.8, 4) is 0 Å². The Labute approximate surface area is 185 Å². The normalized spacial score (nSPS) is 17.5. The van der Waals surface area contributed by atoms with Gasteiger partial charge in [0.05, 0.1) is 5.92 Å². The molecule has 1 amide bonds. The summed E-state index contributed by atoms with van der Waals surface area (Å²) in [4.78, 5) is 16.0. The minimum Gasteiger partial charge on any atom is -0.355 e. The second kappa shape index (κ2) is 10.7. The van der Waals surface area contributed by atoms with Crippen molar-refractivity contribution >= 4 is 52.5 Å². The Balaban J connectivity index is 1.42. The highest BCUT2D eigenvalue weighted by Gasteiger charge is 2.25. The van der Waals surface area contributed by atoms with Gasteiger partial charge in [0.25, 0.3) is 0 Å². The van der Waals surface area contributed by atoms with Gasteiger partial charge in [-0.05, 0) is 61.3 Å². The Morgan fingerprint density at radius 1 is 1.11 bits per heavy atom. The van der Waals surface area contributed by atoms with E-state index in [9.17, 15) is 4.79 Å². The van der Waals surface area contributed by atoms with Crippen LogP contribution in [0.3, 0.4) is 0 Å². The lowest BCUT2D eigenvalue weighted by atomic mass is 9.96. The SMILES string of the molecule is O=C(NCCSc1ccc(Cl)cc1)C1CCCN(Cc2ccc(Cl)cc2Cl)C1. The molecule has 7 heteroatoms. The number of nitrogens with zero attached hydrogens (tertiary/aromatic N) is 1. The maximum atomic E-state index is 12.6. The third-order valence-corrected chi connectivity index (χ3v) is 6.62. The summed E-state index contributed by atoms with van der Waals surface area (Å²) in [5.41, 5.74) is 1.05. The van der Waals surface area contributed by atoms with Gasteiger partial charge in [-0.3, -0.25) is 9.69 Å². The zero-order valence-corrected chi connectivity index (χ0v) is 18.6. The van der Waals surface area contributed by atoms with Gasteiger partial charge in [0.1, 0.15) is 0 Å². The number of thioether (sulfide) groups is 1. The molecule has 1 fully saturated rings. The smallest absolute Gasteiger partial charge is 0.224 e. The van der Waals surface area contributed by atoms with Crippen LogP contribution in [0.1, 0.15) is 18.4 Å². The molecule has 1 atom stereocenters. The number of nitrogens with one attached hydrogen (secondary N) is 1. The lowest BCUT2D eigenvalue weighted by Gasteiger charge is -2.32. The largest absolute Gasteiger partial charge is 0.355 e. The van der Waals surface area contributed by atoms with E-state index in [1.54, 1.807) is 17.8 Å². The predicted molar refractivity (Wildman–Crippen MR) is 120 cm³/mol. The monoisotopic (exact) mass is 456 g/mol. The molecule has 3 rings (SSSR count). The van der Waals surface area contributed by atoms with Crippen molar-refractivity contribution in [1.82, 2.24) is 10.2 Å². The van der Waals surface area contributed by atoms with Crippen LogP contribution in [0.4, 0.5) is 0 Å². The van der Waals surface area contributed by atoms with Crippen LogP contribution in [0, 0.1) is 5.92 Å². The molecule has 1 aliphatic heterocycles. The zero-order chi connectivity index (χ0) is 19.9. The first-order valence-corrected chi connectivity index (χ1v) is 11.5. The molecular formula is C21H23Cl3N2OS. The molecule has 1 saturated heterocycles. The molecule has 0 aliphatic carbocycles. The van der Waals surface area contributed by atoms with E-state index in [-0.39, 0.29) is 11.8 Å². The number of amides is 1. The van der Waals surface area contributed by atoms with Gasteiger partial charge in [0.2, 0.25) is 5.91 Å². The van der Waals surface area contributed by atoms with Gasteiger partial charge in [0, 0.05) is 45.4 Å². The topological polar surface area (TPSA) is 32.3 Å². The fourth-order valence-electron chi connectivity index (χ4n) is 3.32. The fraction of sp³-hybridized carbons (Fsp3) is 0.381. The Bertz CT molecular complexity index is 801. The number of carbonyl (C=O) groups is 1. The standard InChI is InChI=1S/C21H23Cl3N2OS/c22-17-5-7-19(8-6-17)28-11-9-25-21(27)16-2-1-10-26(14-16)13-15-3-4-18(23)12-20(15)24/h3-8,12,16H,1-2,9-11,13-14H2,(H,25,27). The van der Waals surface area contributed by atoms with Crippen LogP contribution in [0.15, 0.2) is 47.4 Å². The molecule has 1 aliphatic rings. The van der Waals surface area contributed by atoms with Crippen molar-refractivity contribution in [3.05, 3.63) is 63.1 Å². The van der Waals surface area contributed by atoms with Crippen molar-refractivity contribution in [2.45, 2.75) is 24.3 Å². The number of hydrogen-bond donors (Lipinski definition) is 1. The molecule has 0 radical (unpaired) electrons. The highest BCUT2D eigenvalue weighted by atomic mass is 35.5. The van der Waals surface area contributed by atoms with Crippen molar-refractivity contribution in [1.29, 1.82) is 0 Å². The Kier molecular flexibility index (Phi) is 8.36. The molecule has 150 valence electrons. The molecule has 0 aromatic heterocycles. The molecule has 1 N–H and O–H groups in total. The molecule has 0 saturated carbocycles. The maximum absolute atomic E-state index is 12.6. The summed E-state index contributed by atoms with van der Waals surface area (Å²) in [5, 5.41) is 5.14. The molecule has 0 spiro atoms. The van der Waals surface area contributed by atoms with Gasteiger partial charge in [-0.15, -0.1) is 11.8 Å². The predicted octanol–water partition coefficient (Wildman–Crippen LogP) is 5.77. The lowest BCUT2D eigenvalue weighted by molar-refractivity contribution is -0.126. The Hall–Kier alpha value is -0.910. The summed E-state index contributed by atoms with van der Waals surface area (Å²) in [6.45, 7) is 3.14. The summed E-state index contributed by atoms with van der Waals surface area (Å²) in [6, 6.07) is 13.3. The molecule has 2 aromatic carbocycles. The number of hydrogen-bond acceptors (Lipinski definition) is 3. The van der Waals surface area contributed by atoms with Crippen LogP contribution >= 0.6 is 46.6 Å². The first-order valence-electron chi connectivity index (χ1n) is 9.33. The van der Waals surface area contributed by atoms with E-state index < -0.39 is 0 Å². The van der Waals surface area contributed by atoms with Crippen molar-refractivity contribution < 1.29 is 4.79 Å². The number of benzene rings is 2. The maximum Gasteiger partial charge on any atom is 0.224 e. The highest BCUT2D eigenvalue weighted by molar-refractivity contribution is 7.99. The third kappa shape index (κ3) is 6.57. The van der Waals surface area contributed by atoms with E-state index in [2.05, 4.69) is 10.2 Å². The Morgan fingerprint density at radius 3 is 2.61 bits per heavy atom. The first-order chi connectivity index (χ1) is 13.5. The zero-order valence-electron chi connectivity index (χ0n) is 15.5. The minimum absolute atomic E-state index is 0.0281. The van der Waals surface area contributed by atoms with Crippen molar-refractivity contribution in [3.63, 3.8) is 0 Å². The van der Waals surface area contributed by atoms with Crippen LogP contribution < -0.4 is 5.32 Å². The lowest BCUT2D eigenvalue weighted by Crippen LogP contribution is -2.43.